The van der Waals surface area contributed by atoms with Crippen LogP contribution in [-0.2, 0) is 4.79 Å². The molecule has 6 nitrogen and oxygen atoms in total. The first-order valence-electron chi connectivity index (χ1n) is 9.63. The molecule has 0 fully saturated rings. The van der Waals surface area contributed by atoms with E-state index in [-0.39, 0.29) is 17.1 Å². The summed E-state index contributed by atoms with van der Waals surface area (Å²) in [5, 5.41) is 6.38. The van der Waals surface area contributed by atoms with Crippen LogP contribution in [0.15, 0.2) is 52.9 Å². The van der Waals surface area contributed by atoms with Gasteiger partial charge in [-0.3, -0.25) is 9.59 Å². The van der Waals surface area contributed by atoms with Crippen LogP contribution in [0.25, 0.3) is 11.0 Å². The maximum absolute atomic E-state index is 13.0. The Morgan fingerprint density at radius 1 is 1.00 bits per heavy atom. The van der Waals surface area contributed by atoms with Crippen molar-refractivity contribution in [2.45, 2.75) is 34.1 Å². The van der Waals surface area contributed by atoms with Crippen molar-refractivity contribution < 1.29 is 18.7 Å². The number of fused-ring (bicyclic) bond motifs is 1. The Balaban J connectivity index is 1.94. The SMILES string of the molecule is CCOc1ccccc1NC(=O)c1oc2ccccc2c1NC(=O)CC(C)(C)C. The van der Waals surface area contributed by atoms with Crippen LogP contribution in [0.5, 0.6) is 5.75 Å². The van der Waals surface area contributed by atoms with Crippen molar-refractivity contribution in [3.05, 3.63) is 54.3 Å². The Labute approximate surface area is 170 Å². The predicted molar refractivity (Wildman–Crippen MR) is 114 cm³/mol. The number of furan rings is 1. The van der Waals surface area contributed by atoms with E-state index < -0.39 is 5.91 Å². The minimum absolute atomic E-state index is 0.0553. The highest BCUT2D eigenvalue weighted by Gasteiger charge is 2.24. The Hall–Kier alpha value is -3.28. The molecule has 0 aliphatic rings. The molecule has 0 aliphatic heterocycles. The molecule has 3 rings (SSSR count). The van der Waals surface area contributed by atoms with Crippen LogP contribution in [0.1, 0.15) is 44.7 Å². The normalized spacial score (nSPS) is 11.3. The van der Waals surface area contributed by atoms with Gasteiger partial charge in [0.2, 0.25) is 11.7 Å². The van der Waals surface area contributed by atoms with Gasteiger partial charge in [-0.1, -0.05) is 45.0 Å². The summed E-state index contributed by atoms with van der Waals surface area (Å²) < 4.78 is 11.4. The summed E-state index contributed by atoms with van der Waals surface area (Å²) in [6.45, 7) is 8.31. The van der Waals surface area contributed by atoms with Crippen molar-refractivity contribution in [3.8, 4) is 5.75 Å². The number of hydrogen-bond donors (Lipinski definition) is 2. The van der Waals surface area contributed by atoms with Gasteiger partial charge in [-0.25, -0.2) is 0 Å². The average Bonchev–Trinajstić information content (AvgIpc) is 3.01. The van der Waals surface area contributed by atoms with E-state index in [1.165, 1.54) is 0 Å². The molecule has 1 aromatic heterocycles. The van der Waals surface area contributed by atoms with Crippen molar-refractivity contribution in [2.75, 3.05) is 17.2 Å². The summed E-state index contributed by atoms with van der Waals surface area (Å²) in [5.74, 6) is -0.00947. The van der Waals surface area contributed by atoms with Crippen molar-refractivity contribution >= 4 is 34.2 Å². The van der Waals surface area contributed by atoms with Crippen LogP contribution in [-0.4, -0.2) is 18.4 Å². The monoisotopic (exact) mass is 394 g/mol. The van der Waals surface area contributed by atoms with Gasteiger partial charge in [0.15, 0.2) is 0 Å². The van der Waals surface area contributed by atoms with Gasteiger partial charge < -0.3 is 19.8 Å². The lowest BCUT2D eigenvalue weighted by molar-refractivity contribution is -0.117. The lowest BCUT2D eigenvalue weighted by atomic mass is 9.92. The molecule has 29 heavy (non-hydrogen) atoms. The van der Waals surface area contributed by atoms with Crippen LogP contribution in [0, 0.1) is 5.41 Å². The Kier molecular flexibility index (Phi) is 5.92. The Morgan fingerprint density at radius 3 is 2.41 bits per heavy atom. The summed E-state index contributed by atoms with van der Waals surface area (Å²) in [7, 11) is 0. The van der Waals surface area contributed by atoms with E-state index in [0.717, 1.165) is 0 Å². The van der Waals surface area contributed by atoms with Crippen LogP contribution >= 0.6 is 0 Å². The number of benzene rings is 2. The van der Waals surface area contributed by atoms with Crippen LogP contribution in [0.2, 0.25) is 0 Å². The summed E-state index contributed by atoms with van der Waals surface area (Å²) >= 11 is 0. The van der Waals surface area contributed by atoms with Gasteiger partial charge in [0.1, 0.15) is 17.0 Å². The second-order valence-corrected chi connectivity index (χ2v) is 7.97. The number of para-hydroxylation sites is 3. The first-order valence-corrected chi connectivity index (χ1v) is 9.63. The molecule has 152 valence electrons. The second-order valence-electron chi connectivity index (χ2n) is 7.97. The van der Waals surface area contributed by atoms with Crippen LogP contribution in [0.3, 0.4) is 0 Å². The van der Waals surface area contributed by atoms with Gasteiger partial charge in [0, 0.05) is 11.8 Å². The molecule has 1 heterocycles. The molecule has 0 unspecified atom stereocenters. The molecular weight excluding hydrogens is 368 g/mol. The number of ether oxygens (including phenoxy) is 1. The number of anilines is 2. The molecule has 0 aliphatic carbocycles. The predicted octanol–water partition coefficient (Wildman–Crippen LogP) is 5.46. The quantitative estimate of drug-likeness (QED) is 0.582. The second kappa shape index (κ2) is 8.39. The molecule has 0 bridgehead atoms. The van der Waals surface area contributed by atoms with Crippen molar-refractivity contribution in [2.24, 2.45) is 5.41 Å². The zero-order valence-electron chi connectivity index (χ0n) is 17.2. The standard InChI is InChI=1S/C23H26N2O4/c1-5-28-18-13-9-7-11-16(18)24-22(27)21-20(25-19(26)14-23(2,3)4)15-10-6-8-12-17(15)29-21/h6-13H,5,14H2,1-4H3,(H,24,27)(H,25,26). The van der Waals surface area contributed by atoms with Crippen molar-refractivity contribution in [3.63, 3.8) is 0 Å². The molecule has 0 saturated heterocycles. The molecule has 3 aromatic rings. The van der Waals surface area contributed by atoms with Gasteiger partial charge in [0.05, 0.1) is 12.3 Å². The highest BCUT2D eigenvalue weighted by molar-refractivity contribution is 6.14. The topological polar surface area (TPSA) is 80.6 Å². The third-order valence-electron chi connectivity index (χ3n) is 4.19. The molecule has 2 aromatic carbocycles. The fourth-order valence-electron chi connectivity index (χ4n) is 3.03. The summed E-state index contributed by atoms with van der Waals surface area (Å²) in [6.07, 6.45) is 0.320. The third-order valence-corrected chi connectivity index (χ3v) is 4.19. The highest BCUT2D eigenvalue weighted by atomic mass is 16.5. The fourth-order valence-corrected chi connectivity index (χ4v) is 3.03. The lowest BCUT2D eigenvalue weighted by Crippen LogP contribution is -2.21. The number of carbonyl (C=O) groups is 2. The zero-order chi connectivity index (χ0) is 21.0. The maximum atomic E-state index is 13.0. The molecule has 0 atom stereocenters. The van der Waals surface area contributed by atoms with Crippen LogP contribution in [0.4, 0.5) is 11.4 Å². The Bertz CT molecular complexity index is 1030. The van der Waals surface area contributed by atoms with Gasteiger partial charge in [0.25, 0.3) is 5.91 Å². The van der Waals surface area contributed by atoms with E-state index in [4.69, 9.17) is 9.15 Å². The summed E-state index contributed by atoms with van der Waals surface area (Å²) in [6, 6.07) is 14.4. The molecule has 0 saturated carbocycles. The average molecular weight is 394 g/mol. The number of amides is 2. The molecule has 0 radical (unpaired) electrons. The van der Waals surface area contributed by atoms with E-state index in [1.807, 2.05) is 58.0 Å². The van der Waals surface area contributed by atoms with Crippen molar-refractivity contribution in [1.29, 1.82) is 0 Å². The van der Waals surface area contributed by atoms with E-state index in [9.17, 15) is 9.59 Å². The third kappa shape index (κ3) is 4.96. The number of hydrogen-bond acceptors (Lipinski definition) is 4. The first-order chi connectivity index (χ1) is 13.8. The zero-order valence-corrected chi connectivity index (χ0v) is 17.2. The first kappa shape index (κ1) is 20.5. The molecule has 2 N–H and O–H groups in total. The van der Waals surface area contributed by atoms with Gasteiger partial charge in [-0.2, -0.15) is 0 Å². The van der Waals surface area contributed by atoms with Crippen LogP contribution < -0.4 is 15.4 Å². The maximum Gasteiger partial charge on any atom is 0.293 e. The van der Waals surface area contributed by atoms with E-state index >= 15 is 0 Å². The minimum atomic E-state index is -0.459. The Morgan fingerprint density at radius 2 is 1.69 bits per heavy atom. The van der Waals surface area contributed by atoms with Gasteiger partial charge in [-0.05, 0) is 36.6 Å². The minimum Gasteiger partial charge on any atom is -0.492 e. The van der Waals surface area contributed by atoms with Gasteiger partial charge >= 0.3 is 0 Å². The molecule has 0 spiro atoms. The van der Waals surface area contributed by atoms with E-state index in [1.54, 1.807) is 18.2 Å². The highest BCUT2D eigenvalue weighted by Crippen LogP contribution is 2.33. The number of carbonyl (C=O) groups excluding carboxylic acids is 2. The van der Waals surface area contributed by atoms with E-state index in [2.05, 4.69) is 10.6 Å². The molecule has 6 heteroatoms. The molecular formula is C23H26N2O4. The van der Waals surface area contributed by atoms with Crippen molar-refractivity contribution in [1.82, 2.24) is 0 Å². The lowest BCUT2D eigenvalue weighted by Gasteiger charge is -2.17. The number of rotatable bonds is 6. The summed E-state index contributed by atoms with van der Waals surface area (Å²) in [5.41, 5.74) is 1.26. The fraction of sp³-hybridized carbons (Fsp3) is 0.304. The number of nitrogens with one attached hydrogen (secondary N) is 2. The van der Waals surface area contributed by atoms with Gasteiger partial charge in [-0.15, -0.1) is 0 Å². The summed E-state index contributed by atoms with van der Waals surface area (Å²) in [4.78, 5) is 25.6. The smallest absolute Gasteiger partial charge is 0.293 e. The van der Waals surface area contributed by atoms with E-state index in [0.29, 0.717) is 41.1 Å². The molecule has 2 amide bonds. The largest absolute Gasteiger partial charge is 0.492 e.